The Balaban J connectivity index is 1.36. The van der Waals surface area contributed by atoms with Gasteiger partial charge in [0, 0.05) is 33.2 Å². The minimum absolute atomic E-state index is 1.11. The molecule has 8 aromatic rings. The summed E-state index contributed by atoms with van der Waals surface area (Å²) in [6.45, 7) is 6.18. The van der Waals surface area contributed by atoms with Gasteiger partial charge in [0.25, 0.3) is 0 Å². The lowest BCUT2D eigenvalue weighted by atomic mass is 10.0. The standard InChI is InChI=1S/C43H32N2/c1-3-31-18-26-42-39(28-31)40-29-37(25-27-43(40)45(42)35-12-5-4-6-13-35)44(41-15-9-11-34-10-7-8-14-38(34)41)36-23-21-33(22-24-36)32-19-16-30(2)17-20-32/h3-29H,1H2,2H3. The van der Waals surface area contributed by atoms with Crippen LogP contribution in [-0.4, -0.2) is 4.57 Å². The van der Waals surface area contributed by atoms with Crippen molar-refractivity contribution in [3.05, 3.63) is 175 Å². The SMILES string of the molecule is C=Cc1ccc2c(c1)c1cc(N(c3ccc(-c4ccc(C)cc4)cc3)c3cccc4ccccc34)ccc1n2-c1ccccc1. The number of nitrogens with zero attached hydrogens (tertiary/aromatic N) is 2. The molecule has 1 heterocycles. The van der Waals surface area contributed by atoms with Crippen molar-refractivity contribution in [3.63, 3.8) is 0 Å². The molecule has 0 saturated heterocycles. The summed E-state index contributed by atoms with van der Waals surface area (Å²) in [5.41, 5.74) is 11.7. The Labute approximate surface area is 263 Å². The molecule has 0 atom stereocenters. The van der Waals surface area contributed by atoms with Gasteiger partial charge in [0.15, 0.2) is 0 Å². The van der Waals surface area contributed by atoms with E-state index in [0.717, 1.165) is 28.3 Å². The Morgan fingerprint density at radius 1 is 0.533 bits per heavy atom. The molecule has 0 saturated carbocycles. The normalized spacial score (nSPS) is 11.3. The monoisotopic (exact) mass is 576 g/mol. The minimum atomic E-state index is 1.11. The van der Waals surface area contributed by atoms with Gasteiger partial charge in [-0.25, -0.2) is 0 Å². The molecule has 2 nitrogen and oxygen atoms in total. The third kappa shape index (κ3) is 4.68. The summed E-state index contributed by atoms with van der Waals surface area (Å²) in [6.07, 6.45) is 1.92. The van der Waals surface area contributed by atoms with Crippen molar-refractivity contribution >= 4 is 55.7 Å². The average molecular weight is 577 g/mol. The summed E-state index contributed by atoms with van der Waals surface area (Å²) >= 11 is 0. The second-order valence-corrected chi connectivity index (χ2v) is 11.6. The van der Waals surface area contributed by atoms with Crippen LogP contribution in [0.15, 0.2) is 164 Å². The lowest BCUT2D eigenvalue weighted by Crippen LogP contribution is -2.10. The fourth-order valence-corrected chi connectivity index (χ4v) is 6.53. The van der Waals surface area contributed by atoms with Crippen LogP contribution in [0.4, 0.5) is 17.1 Å². The number of rotatable bonds is 6. The summed E-state index contributed by atoms with van der Waals surface area (Å²) in [4.78, 5) is 2.39. The molecule has 0 bridgehead atoms. The van der Waals surface area contributed by atoms with Crippen LogP contribution >= 0.6 is 0 Å². The van der Waals surface area contributed by atoms with E-state index in [9.17, 15) is 0 Å². The number of aryl methyl sites for hydroxylation is 1. The molecule has 0 unspecified atom stereocenters. The zero-order valence-electron chi connectivity index (χ0n) is 25.2. The first-order chi connectivity index (χ1) is 22.2. The number of benzene rings is 7. The Morgan fingerprint density at radius 2 is 1.16 bits per heavy atom. The zero-order valence-corrected chi connectivity index (χ0v) is 25.2. The highest BCUT2D eigenvalue weighted by atomic mass is 15.1. The number of hydrogen-bond donors (Lipinski definition) is 0. The van der Waals surface area contributed by atoms with Crippen molar-refractivity contribution in [2.45, 2.75) is 6.92 Å². The molecule has 0 N–H and O–H groups in total. The summed E-state index contributed by atoms with van der Waals surface area (Å²) in [7, 11) is 0. The fraction of sp³-hybridized carbons (Fsp3) is 0.0233. The van der Waals surface area contributed by atoms with Crippen LogP contribution in [0.1, 0.15) is 11.1 Å². The van der Waals surface area contributed by atoms with Gasteiger partial charge in [-0.1, -0.05) is 115 Å². The topological polar surface area (TPSA) is 8.17 Å². The number of fused-ring (bicyclic) bond motifs is 4. The van der Waals surface area contributed by atoms with Crippen LogP contribution in [0, 0.1) is 6.92 Å². The molecule has 0 fully saturated rings. The maximum atomic E-state index is 4.05. The Kier molecular flexibility index (Phi) is 6.54. The third-order valence-electron chi connectivity index (χ3n) is 8.80. The van der Waals surface area contributed by atoms with Crippen LogP contribution in [0.2, 0.25) is 0 Å². The molecule has 7 aromatic carbocycles. The molecule has 0 amide bonds. The van der Waals surface area contributed by atoms with Gasteiger partial charge in [0.05, 0.1) is 16.7 Å². The van der Waals surface area contributed by atoms with Crippen molar-refractivity contribution in [1.82, 2.24) is 4.57 Å². The van der Waals surface area contributed by atoms with Crippen LogP contribution < -0.4 is 4.90 Å². The summed E-state index contributed by atoms with van der Waals surface area (Å²) in [5, 5.41) is 4.84. The lowest BCUT2D eigenvalue weighted by molar-refractivity contribution is 1.18. The van der Waals surface area contributed by atoms with E-state index in [0.29, 0.717) is 0 Å². The van der Waals surface area contributed by atoms with Gasteiger partial charge >= 0.3 is 0 Å². The second-order valence-electron chi connectivity index (χ2n) is 11.6. The Morgan fingerprint density at radius 3 is 1.91 bits per heavy atom. The molecular formula is C43H32N2. The number of hydrogen-bond acceptors (Lipinski definition) is 1. The molecular weight excluding hydrogens is 544 g/mol. The van der Waals surface area contributed by atoms with Gasteiger partial charge in [-0.05, 0) is 89.7 Å². The molecule has 0 aliphatic rings. The van der Waals surface area contributed by atoms with Crippen molar-refractivity contribution < 1.29 is 0 Å². The first-order valence-electron chi connectivity index (χ1n) is 15.4. The first kappa shape index (κ1) is 26.7. The maximum absolute atomic E-state index is 4.05. The Hall–Kier alpha value is -5.86. The molecule has 0 spiro atoms. The molecule has 8 rings (SSSR count). The second kappa shape index (κ2) is 11.0. The largest absolute Gasteiger partial charge is 0.310 e. The van der Waals surface area contributed by atoms with Gasteiger partial charge < -0.3 is 9.47 Å². The van der Waals surface area contributed by atoms with Crippen molar-refractivity contribution in [1.29, 1.82) is 0 Å². The first-order valence-corrected chi connectivity index (χ1v) is 15.4. The molecule has 0 radical (unpaired) electrons. The quantitative estimate of drug-likeness (QED) is 0.191. The molecule has 0 aliphatic carbocycles. The summed E-state index contributed by atoms with van der Waals surface area (Å²) in [5.74, 6) is 0. The summed E-state index contributed by atoms with van der Waals surface area (Å²) in [6, 6.07) is 57.0. The van der Waals surface area contributed by atoms with Crippen molar-refractivity contribution in [2.75, 3.05) is 4.90 Å². The zero-order chi connectivity index (χ0) is 30.3. The van der Waals surface area contributed by atoms with Gasteiger partial charge in [-0.15, -0.1) is 0 Å². The van der Waals surface area contributed by atoms with E-state index in [1.54, 1.807) is 0 Å². The highest BCUT2D eigenvalue weighted by Gasteiger charge is 2.19. The van der Waals surface area contributed by atoms with Gasteiger partial charge in [0.1, 0.15) is 0 Å². The van der Waals surface area contributed by atoms with Gasteiger partial charge in [-0.3, -0.25) is 0 Å². The average Bonchev–Trinajstić information content (AvgIpc) is 3.42. The molecule has 45 heavy (non-hydrogen) atoms. The third-order valence-corrected chi connectivity index (χ3v) is 8.80. The van der Waals surface area contributed by atoms with E-state index in [1.807, 2.05) is 6.08 Å². The van der Waals surface area contributed by atoms with E-state index >= 15 is 0 Å². The number of para-hydroxylation sites is 1. The lowest BCUT2D eigenvalue weighted by Gasteiger charge is -2.27. The Bertz CT molecular complexity index is 2320. The number of anilines is 3. The van der Waals surface area contributed by atoms with Crippen LogP contribution in [-0.2, 0) is 0 Å². The van der Waals surface area contributed by atoms with E-state index in [-0.39, 0.29) is 0 Å². The predicted molar refractivity (Wildman–Crippen MR) is 193 cm³/mol. The van der Waals surface area contributed by atoms with E-state index in [2.05, 4.69) is 181 Å². The maximum Gasteiger partial charge on any atom is 0.0542 e. The molecule has 214 valence electrons. The highest BCUT2D eigenvalue weighted by Crippen LogP contribution is 2.42. The summed E-state index contributed by atoms with van der Waals surface area (Å²) < 4.78 is 2.36. The van der Waals surface area contributed by atoms with Gasteiger partial charge in [-0.2, -0.15) is 0 Å². The smallest absolute Gasteiger partial charge is 0.0542 e. The predicted octanol–water partition coefficient (Wildman–Crippen LogP) is 12.0. The number of aromatic nitrogens is 1. The van der Waals surface area contributed by atoms with E-state index < -0.39 is 0 Å². The highest BCUT2D eigenvalue weighted by molar-refractivity contribution is 6.11. The van der Waals surface area contributed by atoms with E-state index in [4.69, 9.17) is 0 Å². The van der Waals surface area contributed by atoms with Crippen LogP contribution in [0.25, 0.3) is 55.5 Å². The minimum Gasteiger partial charge on any atom is -0.310 e. The van der Waals surface area contributed by atoms with Crippen LogP contribution in [0.3, 0.4) is 0 Å². The van der Waals surface area contributed by atoms with Crippen LogP contribution in [0.5, 0.6) is 0 Å². The molecule has 1 aromatic heterocycles. The van der Waals surface area contributed by atoms with Gasteiger partial charge in [0.2, 0.25) is 0 Å². The van der Waals surface area contributed by atoms with Crippen molar-refractivity contribution in [3.8, 4) is 16.8 Å². The molecule has 0 aliphatic heterocycles. The fourth-order valence-electron chi connectivity index (χ4n) is 6.53. The molecule has 2 heteroatoms. The van der Waals surface area contributed by atoms with Crippen molar-refractivity contribution in [2.24, 2.45) is 0 Å². The van der Waals surface area contributed by atoms with E-state index in [1.165, 1.54) is 49.3 Å².